The maximum Gasteiger partial charge on any atom is 0.776 e. The molecule has 0 bridgehead atoms. The van der Waals surface area contributed by atoms with Crippen LogP contribution in [0.3, 0.4) is 0 Å². The van der Waals surface area contributed by atoms with Crippen molar-refractivity contribution in [1.29, 1.82) is 0 Å². The number of rotatable bonds is 0. The van der Waals surface area contributed by atoms with E-state index in [9.17, 15) is 4.46 Å². The van der Waals surface area contributed by atoms with E-state index in [0.717, 1.165) is 0 Å². The molecule has 1 saturated heterocycles. The molecule has 1 fully saturated rings. The second-order valence-electron chi connectivity index (χ2n) is 1.35. The standard InChI is InChI=1S/C2H4O4Si/c1-2(3)5-7(4)6-2/h3H,1H3. The van der Waals surface area contributed by atoms with E-state index in [4.69, 9.17) is 5.11 Å². The Hall–Kier alpha value is -0.423. The first-order chi connectivity index (χ1) is 3.10. The van der Waals surface area contributed by atoms with Crippen LogP contribution < -0.4 is 0 Å². The summed E-state index contributed by atoms with van der Waals surface area (Å²) in [5.74, 6) is -1.57. The van der Waals surface area contributed by atoms with E-state index in [-0.39, 0.29) is 0 Å². The van der Waals surface area contributed by atoms with Gasteiger partial charge in [0.2, 0.25) is 0 Å². The van der Waals surface area contributed by atoms with Gasteiger partial charge in [-0.05, 0) is 0 Å². The highest BCUT2D eigenvalue weighted by atomic mass is 28.3. The average Bonchev–Trinajstić information content (AvgIpc) is 1.27. The van der Waals surface area contributed by atoms with Crippen molar-refractivity contribution in [3.8, 4) is 0 Å². The smallest absolute Gasteiger partial charge is 0.436 e. The van der Waals surface area contributed by atoms with Crippen LogP contribution in [-0.4, -0.2) is 20.2 Å². The molecule has 1 aliphatic rings. The third kappa shape index (κ3) is 0.778. The first kappa shape index (κ1) is 4.73. The Bertz CT molecular complexity index is 98.3. The largest absolute Gasteiger partial charge is 0.776 e. The van der Waals surface area contributed by atoms with E-state index < -0.39 is 15.1 Å². The fourth-order valence-corrected chi connectivity index (χ4v) is 0.951. The van der Waals surface area contributed by atoms with Crippen molar-refractivity contribution >= 4 is 9.17 Å². The molecule has 40 valence electrons. The van der Waals surface area contributed by atoms with Crippen molar-refractivity contribution in [3.05, 3.63) is 0 Å². The van der Waals surface area contributed by atoms with Crippen molar-refractivity contribution < 1.29 is 18.4 Å². The van der Waals surface area contributed by atoms with E-state index >= 15 is 0 Å². The molecule has 0 aliphatic carbocycles. The highest BCUT2D eigenvalue weighted by molar-refractivity contribution is 6.28. The van der Waals surface area contributed by atoms with Crippen LogP contribution in [0.5, 0.6) is 0 Å². The Morgan fingerprint density at radius 2 is 2.14 bits per heavy atom. The lowest BCUT2D eigenvalue weighted by Crippen LogP contribution is -2.49. The lowest BCUT2D eigenvalue weighted by atomic mass is 10.7. The quantitative estimate of drug-likeness (QED) is 0.421. The molecule has 4 nitrogen and oxygen atoms in total. The maximum absolute atomic E-state index is 9.90. The van der Waals surface area contributed by atoms with Gasteiger partial charge in [-0.1, -0.05) is 0 Å². The third-order valence-corrected chi connectivity index (χ3v) is 1.64. The molecule has 1 rings (SSSR count). The van der Waals surface area contributed by atoms with E-state index in [1.54, 1.807) is 0 Å². The molecule has 1 N–H and O–H groups in total. The van der Waals surface area contributed by atoms with Gasteiger partial charge in [-0.25, -0.2) is 0 Å². The minimum absolute atomic E-state index is 1.28. The van der Waals surface area contributed by atoms with E-state index in [0.29, 0.717) is 0 Å². The van der Waals surface area contributed by atoms with Crippen molar-refractivity contribution in [2.75, 3.05) is 0 Å². The van der Waals surface area contributed by atoms with Crippen LogP contribution in [0.25, 0.3) is 0 Å². The summed E-state index contributed by atoms with van der Waals surface area (Å²) in [5, 5.41) is 8.46. The highest BCUT2D eigenvalue weighted by Gasteiger charge is 2.44. The van der Waals surface area contributed by atoms with Crippen LogP contribution in [0, 0.1) is 0 Å². The van der Waals surface area contributed by atoms with Gasteiger partial charge in [0.1, 0.15) is 0 Å². The first-order valence-electron chi connectivity index (χ1n) is 1.74. The van der Waals surface area contributed by atoms with Crippen LogP contribution >= 0.6 is 0 Å². The van der Waals surface area contributed by atoms with Crippen LogP contribution in [-0.2, 0) is 13.3 Å². The molecule has 0 aromatic carbocycles. The van der Waals surface area contributed by atoms with Crippen molar-refractivity contribution in [2.45, 2.75) is 12.9 Å². The zero-order valence-corrected chi connectivity index (χ0v) is 4.67. The van der Waals surface area contributed by atoms with Crippen LogP contribution in [0.15, 0.2) is 0 Å². The predicted octanol–water partition coefficient (Wildman–Crippen LogP) is -0.885. The van der Waals surface area contributed by atoms with Gasteiger partial charge >= 0.3 is 15.1 Å². The maximum atomic E-state index is 9.90. The van der Waals surface area contributed by atoms with Gasteiger partial charge < -0.3 is 14.0 Å². The highest BCUT2D eigenvalue weighted by Crippen LogP contribution is 2.16. The summed E-state index contributed by atoms with van der Waals surface area (Å²) in [6, 6.07) is 0. The van der Waals surface area contributed by atoms with Crippen molar-refractivity contribution in [2.24, 2.45) is 0 Å². The molecule has 0 atom stereocenters. The molecular formula is C2H4O4Si. The van der Waals surface area contributed by atoms with Crippen LogP contribution in [0.1, 0.15) is 6.92 Å². The number of hydrogen-bond donors (Lipinski definition) is 1. The summed E-state index contributed by atoms with van der Waals surface area (Å²) in [5.41, 5.74) is 0. The molecule has 5 heteroatoms. The van der Waals surface area contributed by atoms with E-state index in [1.807, 2.05) is 0 Å². The Kier molecular flexibility index (Phi) is 0.705. The normalized spacial score (nSPS) is 24.6. The predicted molar refractivity (Wildman–Crippen MR) is 19.2 cm³/mol. The van der Waals surface area contributed by atoms with Gasteiger partial charge in [0.15, 0.2) is 0 Å². The summed E-state index contributed by atoms with van der Waals surface area (Å²) < 4.78 is 18.3. The Morgan fingerprint density at radius 1 is 1.71 bits per heavy atom. The average molecular weight is 120 g/mol. The second kappa shape index (κ2) is 1.04. The summed E-state index contributed by atoms with van der Waals surface area (Å²) in [6.07, 6.45) is 0. The van der Waals surface area contributed by atoms with Crippen LogP contribution in [0.4, 0.5) is 0 Å². The zero-order valence-electron chi connectivity index (χ0n) is 3.67. The van der Waals surface area contributed by atoms with Crippen LogP contribution in [0.2, 0.25) is 0 Å². The van der Waals surface area contributed by atoms with Gasteiger partial charge in [-0.15, -0.1) is 0 Å². The molecule has 0 saturated carbocycles. The SMILES string of the molecule is CC1(O)O[Si](=O)O1. The summed E-state index contributed by atoms with van der Waals surface area (Å²) >= 11 is 0. The fourth-order valence-electron chi connectivity index (χ4n) is 0.317. The molecule has 1 heterocycles. The lowest BCUT2D eigenvalue weighted by molar-refractivity contribution is -0.341. The molecule has 0 unspecified atom stereocenters. The first-order valence-corrected chi connectivity index (χ1v) is 2.97. The second-order valence-corrected chi connectivity index (χ2v) is 2.26. The molecule has 7 heavy (non-hydrogen) atoms. The summed E-state index contributed by atoms with van der Waals surface area (Å²) in [4.78, 5) is 0. The van der Waals surface area contributed by atoms with Gasteiger partial charge in [-0.3, -0.25) is 4.46 Å². The van der Waals surface area contributed by atoms with Gasteiger partial charge in [0.25, 0.3) is 0 Å². The summed E-state index contributed by atoms with van der Waals surface area (Å²) in [7, 11) is -2.30. The fraction of sp³-hybridized carbons (Fsp3) is 1.00. The number of hydrogen-bond acceptors (Lipinski definition) is 4. The molecule has 0 spiro atoms. The molecule has 0 aromatic heterocycles. The van der Waals surface area contributed by atoms with Crippen molar-refractivity contribution in [3.63, 3.8) is 0 Å². The summed E-state index contributed by atoms with van der Waals surface area (Å²) in [6.45, 7) is 1.28. The van der Waals surface area contributed by atoms with Gasteiger partial charge in [0.05, 0.1) is 0 Å². The molecule has 1 aliphatic heterocycles. The third-order valence-electron chi connectivity index (χ3n) is 0.545. The lowest BCUT2D eigenvalue weighted by Gasteiger charge is -2.30. The minimum Gasteiger partial charge on any atom is -0.436 e. The Balaban J connectivity index is 2.43. The van der Waals surface area contributed by atoms with E-state index in [1.165, 1.54) is 6.92 Å². The molecule has 0 radical (unpaired) electrons. The van der Waals surface area contributed by atoms with Crippen molar-refractivity contribution in [1.82, 2.24) is 0 Å². The number of aliphatic hydroxyl groups is 1. The van der Waals surface area contributed by atoms with Gasteiger partial charge in [0, 0.05) is 6.92 Å². The topological polar surface area (TPSA) is 55.8 Å². The molecule has 0 amide bonds. The molecule has 0 aromatic rings. The Morgan fingerprint density at radius 3 is 2.14 bits per heavy atom. The molecular weight excluding hydrogens is 116 g/mol. The zero-order chi connectivity index (χ0) is 5.49. The Labute approximate surface area is 41.6 Å². The minimum atomic E-state index is -2.30. The van der Waals surface area contributed by atoms with E-state index in [2.05, 4.69) is 8.85 Å². The van der Waals surface area contributed by atoms with Gasteiger partial charge in [-0.2, -0.15) is 0 Å². The monoisotopic (exact) mass is 120 g/mol.